The largest absolute Gasteiger partial charge is 0.329 e. The highest BCUT2D eigenvalue weighted by Gasteiger charge is 2.34. The third kappa shape index (κ3) is 3.03. The molecular formula is C15H19N3S. The molecule has 1 fully saturated rings. The van der Waals surface area contributed by atoms with E-state index in [0.717, 1.165) is 6.54 Å². The van der Waals surface area contributed by atoms with Gasteiger partial charge >= 0.3 is 0 Å². The van der Waals surface area contributed by atoms with Gasteiger partial charge in [-0.3, -0.25) is 9.88 Å². The molecule has 3 rings (SSSR count). The quantitative estimate of drug-likeness (QED) is 0.880. The molecule has 1 aliphatic rings. The molecule has 1 atom stereocenters. The fourth-order valence-electron chi connectivity index (χ4n) is 2.53. The van der Waals surface area contributed by atoms with E-state index in [1.807, 2.05) is 23.7 Å². The van der Waals surface area contributed by atoms with E-state index in [-0.39, 0.29) is 0 Å². The second-order valence-electron chi connectivity index (χ2n) is 5.01. The van der Waals surface area contributed by atoms with Gasteiger partial charge in [0.15, 0.2) is 0 Å². The average Bonchev–Trinajstić information content (AvgIpc) is 3.17. The van der Waals surface area contributed by atoms with Crippen LogP contribution in [-0.2, 0) is 6.54 Å². The number of rotatable bonds is 6. The van der Waals surface area contributed by atoms with Gasteiger partial charge in [0, 0.05) is 42.4 Å². The minimum Gasteiger partial charge on any atom is -0.329 e. The Hall–Kier alpha value is -1.23. The molecule has 19 heavy (non-hydrogen) atoms. The van der Waals surface area contributed by atoms with Crippen LogP contribution in [0.15, 0.2) is 42.0 Å². The molecule has 100 valence electrons. The van der Waals surface area contributed by atoms with Crippen LogP contribution in [0.4, 0.5) is 0 Å². The van der Waals surface area contributed by atoms with Crippen LogP contribution in [0.2, 0.25) is 0 Å². The molecule has 0 aromatic carbocycles. The summed E-state index contributed by atoms with van der Waals surface area (Å²) in [6.45, 7) is 1.67. The summed E-state index contributed by atoms with van der Waals surface area (Å²) in [5.41, 5.74) is 7.32. The normalized spacial score (nSPS) is 16.7. The van der Waals surface area contributed by atoms with Crippen molar-refractivity contribution >= 4 is 11.3 Å². The van der Waals surface area contributed by atoms with E-state index < -0.39 is 0 Å². The smallest absolute Gasteiger partial charge is 0.0478 e. The van der Waals surface area contributed by atoms with Crippen molar-refractivity contribution in [3.63, 3.8) is 0 Å². The second kappa shape index (κ2) is 5.82. The highest BCUT2D eigenvalue weighted by Crippen LogP contribution is 2.35. The first-order chi connectivity index (χ1) is 9.38. The first kappa shape index (κ1) is 12.8. The van der Waals surface area contributed by atoms with E-state index in [9.17, 15) is 0 Å². The molecule has 2 aromatic rings. The van der Waals surface area contributed by atoms with Crippen molar-refractivity contribution in [1.82, 2.24) is 9.88 Å². The van der Waals surface area contributed by atoms with Gasteiger partial charge in [-0.05, 0) is 42.0 Å². The lowest BCUT2D eigenvalue weighted by Gasteiger charge is -2.31. The summed E-state index contributed by atoms with van der Waals surface area (Å²) in [6.07, 6.45) is 6.31. The number of nitrogens with two attached hydrogens (primary N) is 1. The topological polar surface area (TPSA) is 42.1 Å². The van der Waals surface area contributed by atoms with Gasteiger partial charge in [0.2, 0.25) is 0 Å². The third-order valence-electron chi connectivity index (χ3n) is 3.65. The van der Waals surface area contributed by atoms with Crippen LogP contribution in [0, 0.1) is 0 Å². The molecule has 0 bridgehead atoms. The minimum atomic E-state index is 0.303. The maximum Gasteiger partial charge on any atom is 0.0478 e. The third-order valence-corrected chi connectivity index (χ3v) is 4.51. The van der Waals surface area contributed by atoms with Crippen LogP contribution in [-0.4, -0.2) is 22.5 Å². The van der Waals surface area contributed by atoms with Crippen LogP contribution in [0.3, 0.4) is 0 Å². The molecule has 0 amide bonds. The monoisotopic (exact) mass is 273 g/mol. The molecule has 0 aliphatic heterocycles. The molecule has 4 heteroatoms. The van der Waals surface area contributed by atoms with E-state index in [4.69, 9.17) is 5.73 Å². The minimum absolute atomic E-state index is 0.303. The molecule has 2 aromatic heterocycles. The zero-order chi connectivity index (χ0) is 13.1. The predicted octanol–water partition coefficient (Wildman–Crippen LogP) is 2.81. The molecule has 2 N–H and O–H groups in total. The summed E-state index contributed by atoms with van der Waals surface area (Å²) in [4.78, 5) is 8.07. The van der Waals surface area contributed by atoms with Crippen molar-refractivity contribution in [3.8, 4) is 0 Å². The predicted molar refractivity (Wildman–Crippen MR) is 78.9 cm³/mol. The van der Waals surface area contributed by atoms with Gasteiger partial charge < -0.3 is 5.73 Å². The molecule has 1 aliphatic carbocycles. The number of nitrogens with zero attached hydrogens (tertiary/aromatic N) is 2. The highest BCUT2D eigenvalue weighted by atomic mass is 32.1. The van der Waals surface area contributed by atoms with E-state index in [2.05, 4.69) is 39.5 Å². The second-order valence-corrected chi connectivity index (χ2v) is 6.05. The summed E-state index contributed by atoms with van der Waals surface area (Å²) < 4.78 is 0. The van der Waals surface area contributed by atoms with Gasteiger partial charge in [-0.1, -0.05) is 6.07 Å². The van der Waals surface area contributed by atoms with Gasteiger partial charge in [-0.25, -0.2) is 0 Å². The van der Waals surface area contributed by atoms with E-state index in [1.165, 1.54) is 23.3 Å². The average molecular weight is 273 g/mol. The summed E-state index contributed by atoms with van der Waals surface area (Å²) in [5, 5.41) is 2.14. The molecule has 0 spiro atoms. The maximum absolute atomic E-state index is 6.04. The Labute approximate surface area is 118 Å². The van der Waals surface area contributed by atoms with Crippen molar-refractivity contribution in [3.05, 3.63) is 52.5 Å². The standard InChI is InChI=1S/C15H19N3S/c16-10-15(12-5-7-17-8-6-12)18(13-3-4-13)11-14-2-1-9-19-14/h1-2,5-9,13,15H,3-4,10-11,16H2. The van der Waals surface area contributed by atoms with E-state index in [1.54, 1.807) is 0 Å². The summed E-state index contributed by atoms with van der Waals surface area (Å²) in [7, 11) is 0. The number of thiophene rings is 1. The lowest BCUT2D eigenvalue weighted by molar-refractivity contribution is 0.183. The number of pyridine rings is 1. The van der Waals surface area contributed by atoms with Crippen molar-refractivity contribution in [2.45, 2.75) is 31.5 Å². The number of hydrogen-bond donors (Lipinski definition) is 1. The first-order valence-electron chi connectivity index (χ1n) is 6.76. The number of aromatic nitrogens is 1. The van der Waals surface area contributed by atoms with Gasteiger partial charge in [0.1, 0.15) is 0 Å². The fraction of sp³-hybridized carbons (Fsp3) is 0.400. The SMILES string of the molecule is NCC(c1ccncc1)N(Cc1cccs1)C1CC1. The van der Waals surface area contributed by atoms with Gasteiger partial charge in [-0.15, -0.1) is 11.3 Å². The van der Waals surface area contributed by atoms with Crippen molar-refractivity contribution in [1.29, 1.82) is 0 Å². The Bertz CT molecular complexity index is 493. The highest BCUT2D eigenvalue weighted by molar-refractivity contribution is 7.09. The summed E-state index contributed by atoms with van der Waals surface area (Å²) in [6, 6.07) is 9.50. The summed E-state index contributed by atoms with van der Waals surface area (Å²) in [5.74, 6) is 0. The van der Waals surface area contributed by atoms with Crippen LogP contribution >= 0.6 is 11.3 Å². The Morgan fingerprint density at radius 1 is 1.32 bits per heavy atom. The lowest BCUT2D eigenvalue weighted by atomic mass is 10.1. The first-order valence-corrected chi connectivity index (χ1v) is 7.64. The van der Waals surface area contributed by atoms with Crippen molar-refractivity contribution in [2.24, 2.45) is 5.73 Å². The molecule has 0 radical (unpaired) electrons. The van der Waals surface area contributed by atoms with Gasteiger partial charge in [-0.2, -0.15) is 0 Å². The molecule has 0 saturated heterocycles. The van der Waals surface area contributed by atoms with Crippen LogP contribution in [0.5, 0.6) is 0 Å². The van der Waals surface area contributed by atoms with Crippen molar-refractivity contribution < 1.29 is 0 Å². The molecular weight excluding hydrogens is 254 g/mol. The van der Waals surface area contributed by atoms with E-state index >= 15 is 0 Å². The molecule has 1 unspecified atom stereocenters. The number of hydrogen-bond acceptors (Lipinski definition) is 4. The molecule has 2 heterocycles. The Balaban J connectivity index is 1.81. The Kier molecular flexibility index (Phi) is 3.92. The van der Waals surface area contributed by atoms with Crippen LogP contribution in [0.1, 0.15) is 29.3 Å². The van der Waals surface area contributed by atoms with E-state index in [0.29, 0.717) is 18.6 Å². The maximum atomic E-state index is 6.04. The van der Waals surface area contributed by atoms with Gasteiger partial charge in [0.05, 0.1) is 0 Å². The zero-order valence-corrected chi connectivity index (χ0v) is 11.7. The fourth-order valence-corrected chi connectivity index (χ4v) is 3.24. The van der Waals surface area contributed by atoms with Crippen LogP contribution in [0.25, 0.3) is 0 Å². The lowest BCUT2D eigenvalue weighted by Crippen LogP contribution is -2.34. The Morgan fingerprint density at radius 3 is 2.68 bits per heavy atom. The molecule has 1 saturated carbocycles. The molecule has 3 nitrogen and oxygen atoms in total. The van der Waals surface area contributed by atoms with Gasteiger partial charge in [0.25, 0.3) is 0 Å². The van der Waals surface area contributed by atoms with Crippen molar-refractivity contribution in [2.75, 3.05) is 6.54 Å². The Morgan fingerprint density at radius 2 is 2.11 bits per heavy atom. The summed E-state index contributed by atoms with van der Waals surface area (Å²) >= 11 is 1.82. The zero-order valence-electron chi connectivity index (χ0n) is 10.9. The van der Waals surface area contributed by atoms with Crippen LogP contribution < -0.4 is 5.73 Å².